The summed E-state index contributed by atoms with van der Waals surface area (Å²) in [4.78, 5) is 24.8. The molecule has 124 valence electrons. The Bertz CT molecular complexity index is 973. The highest BCUT2D eigenvalue weighted by molar-refractivity contribution is 5.84. The van der Waals surface area contributed by atoms with Crippen LogP contribution >= 0.6 is 0 Å². The molecule has 1 atom stereocenters. The fraction of sp³-hybridized carbons (Fsp3) is 0.182. The van der Waals surface area contributed by atoms with Crippen molar-refractivity contribution in [1.82, 2.24) is 4.57 Å². The van der Waals surface area contributed by atoms with Gasteiger partial charge in [-0.3, -0.25) is 9.59 Å². The van der Waals surface area contributed by atoms with Crippen molar-refractivity contribution >= 4 is 5.78 Å². The van der Waals surface area contributed by atoms with Gasteiger partial charge in [-0.25, -0.2) is 0 Å². The number of rotatable bonds is 3. The normalized spacial score (nSPS) is 16.5. The Labute approximate surface area is 146 Å². The van der Waals surface area contributed by atoms with Crippen LogP contribution in [0, 0.1) is 0 Å². The van der Waals surface area contributed by atoms with Gasteiger partial charge in [0.25, 0.3) is 5.56 Å². The molecule has 2 aromatic carbocycles. The summed E-state index contributed by atoms with van der Waals surface area (Å²) in [6.07, 6.45) is 1.71. The third-order valence-electron chi connectivity index (χ3n) is 4.85. The largest absolute Gasteiger partial charge is 0.302 e. The molecule has 0 amide bonds. The lowest BCUT2D eigenvalue weighted by Gasteiger charge is -2.26. The first-order valence-corrected chi connectivity index (χ1v) is 8.60. The number of benzene rings is 2. The van der Waals surface area contributed by atoms with E-state index in [1.165, 1.54) is 6.07 Å². The van der Waals surface area contributed by atoms with Gasteiger partial charge in [-0.05, 0) is 29.2 Å². The van der Waals surface area contributed by atoms with E-state index in [-0.39, 0.29) is 11.3 Å². The summed E-state index contributed by atoms with van der Waals surface area (Å²) in [6.45, 7) is 0. The predicted octanol–water partition coefficient (Wildman–Crippen LogP) is 3.81. The first-order valence-electron chi connectivity index (χ1n) is 8.60. The van der Waals surface area contributed by atoms with Crippen molar-refractivity contribution in [3.8, 4) is 11.1 Å². The third kappa shape index (κ3) is 3.05. The average Bonchev–Trinajstić information content (AvgIpc) is 2.65. The second kappa shape index (κ2) is 6.52. The minimum atomic E-state index is -0.400. The van der Waals surface area contributed by atoms with Gasteiger partial charge in [0.2, 0.25) is 0 Å². The van der Waals surface area contributed by atoms with Crippen molar-refractivity contribution in [2.24, 2.45) is 0 Å². The molecule has 0 bridgehead atoms. The first kappa shape index (κ1) is 15.6. The molecule has 3 nitrogen and oxygen atoms in total. The summed E-state index contributed by atoms with van der Waals surface area (Å²) in [5.41, 5.74) is 4.22. The average molecular weight is 329 g/mol. The number of Topliss-reactive ketones (excluding diaryl/α,β-unsaturated/α-hetero) is 1. The molecular formula is C22H19NO2. The van der Waals surface area contributed by atoms with Crippen LogP contribution in [0.1, 0.15) is 23.7 Å². The van der Waals surface area contributed by atoms with Crippen LogP contribution in [0.2, 0.25) is 0 Å². The zero-order valence-electron chi connectivity index (χ0n) is 13.9. The lowest BCUT2D eigenvalue weighted by molar-refractivity contribution is -0.123. The maximum Gasteiger partial charge on any atom is 0.251 e. The minimum Gasteiger partial charge on any atom is -0.302 e. The second-order valence-corrected chi connectivity index (χ2v) is 6.48. The molecule has 0 aliphatic carbocycles. The molecule has 1 aromatic heterocycles. The van der Waals surface area contributed by atoms with Crippen molar-refractivity contribution in [2.75, 3.05) is 0 Å². The molecule has 3 aromatic rings. The monoisotopic (exact) mass is 329 g/mol. The van der Waals surface area contributed by atoms with Crippen LogP contribution in [-0.2, 0) is 17.6 Å². The quantitative estimate of drug-likeness (QED) is 0.733. The Kier molecular flexibility index (Phi) is 4.06. The van der Waals surface area contributed by atoms with E-state index >= 15 is 0 Å². The SMILES string of the molecule is O=C1CCc2cccc(=O)n2C1Cc1cccc(-c2ccccc2)c1. The van der Waals surface area contributed by atoms with E-state index in [0.717, 1.165) is 22.4 Å². The predicted molar refractivity (Wildman–Crippen MR) is 98.6 cm³/mol. The molecule has 1 unspecified atom stereocenters. The van der Waals surface area contributed by atoms with Crippen molar-refractivity contribution in [1.29, 1.82) is 0 Å². The maximum atomic E-state index is 12.5. The Hall–Kier alpha value is -2.94. The highest BCUT2D eigenvalue weighted by Gasteiger charge is 2.27. The number of pyridine rings is 1. The van der Waals surface area contributed by atoms with Gasteiger partial charge in [0.05, 0.1) is 6.04 Å². The Morgan fingerprint density at radius 1 is 0.800 bits per heavy atom. The molecule has 0 N–H and O–H groups in total. The summed E-state index contributed by atoms with van der Waals surface area (Å²) in [5.74, 6) is 0.144. The van der Waals surface area contributed by atoms with E-state index in [1.54, 1.807) is 10.6 Å². The minimum absolute atomic E-state index is 0.0882. The first-order chi connectivity index (χ1) is 12.2. The van der Waals surface area contributed by atoms with Crippen molar-refractivity contribution in [2.45, 2.75) is 25.3 Å². The molecule has 2 heterocycles. The topological polar surface area (TPSA) is 39.1 Å². The fourth-order valence-electron chi connectivity index (χ4n) is 3.60. The van der Waals surface area contributed by atoms with E-state index in [9.17, 15) is 9.59 Å². The summed E-state index contributed by atoms with van der Waals surface area (Å²) in [6, 6.07) is 23.3. The number of aromatic nitrogens is 1. The zero-order chi connectivity index (χ0) is 17.2. The Morgan fingerprint density at radius 3 is 2.40 bits per heavy atom. The van der Waals surface area contributed by atoms with Crippen molar-refractivity contribution < 1.29 is 4.79 Å². The smallest absolute Gasteiger partial charge is 0.251 e. The highest BCUT2D eigenvalue weighted by atomic mass is 16.1. The molecular weight excluding hydrogens is 310 g/mol. The summed E-state index contributed by atoms with van der Waals surface area (Å²) < 4.78 is 1.68. The number of nitrogens with zero attached hydrogens (tertiary/aromatic N) is 1. The van der Waals surface area contributed by atoms with Gasteiger partial charge in [0, 0.05) is 24.6 Å². The number of carbonyl (C=O) groups is 1. The van der Waals surface area contributed by atoms with Gasteiger partial charge >= 0.3 is 0 Å². The van der Waals surface area contributed by atoms with E-state index in [4.69, 9.17) is 0 Å². The molecule has 25 heavy (non-hydrogen) atoms. The lowest BCUT2D eigenvalue weighted by Crippen LogP contribution is -2.36. The summed E-state index contributed by atoms with van der Waals surface area (Å²) in [5, 5.41) is 0. The van der Waals surface area contributed by atoms with Crippen LogP contribution in [0.5, 0.6) is 0 Å². The van der Waals surface area contributed by atoms with Crippen LogP contribution in [0.15, 0.2) is 77.6 Å². The van der Waals surface area contributed by atoms with Crippen molar-refractivity contribution in [3.63, 3.8) is 0 Å². The number of hydrogen-bond donors (Lipinski definition) is 0. The van der Waals surface area contributed by atoms with Crippen LogP contribution in [0.3, 0.4) is 0 Å². The van der Waals surface area contributed by atoms with E-state index in [1.807, 2.05) is 36.4 Å². The van der Waals surface area contributed by atoms with E-state index in [0.29, 0.717) is 19.3 Å². The molecule has 1 aliphatic heterocycles. The highest BCUT2D eigenvalue weighted by Crippen LogP contribution is 2.26. The van der Waals surface area contributed by atoms with Gasteiger partial charge < -0.3 is 4.57 Å². The molecule has 0 radical (unpaired) electrons. The maximum absolute atomic E-state index is 12.5. The number of hydrogen-bond acceptors (Lipinski definition) is 2. The Balaban J connectivity index is 1.70. The van der Waals surface area contributed by atoms with Crippen molar-refractivity contribution in [3.05, 3.63) is 94.4 Å². The number of aryl methyl sites for hydroxylation is 1. The molecule has 0 saturated heterocycles. The van der Waals surface area contributed by atoms with Gasteiger partial charge in [-0.2, -0.15) is 0 Å². The van der Waals surface area contributed by atoms with Gasteiger partial charge in [0.15, 0.2) is 5.78 Å². The molecule has 0 fully saturated rings. The lowest BCUT2D eigenvalue weighted by atomic mass is 9.93. The molecule has 0 saturated carbocycles. The van der Waals surface area contributed by atoms with Gasteiger partial charge in [-0.1, -0.05) is 60.7 Å². The number of fused-ring (bicyclic) bond motifs is 1. The standard InChI is InChI=1S/C22H19NO2/c24-21-13-12-19-10-5-11-22(25)23(19)20(21)15-16-6-4-9-18(14-16)17-7-2-1-3-8-17/h1-11,14,20H,12-13,15H2. The van der Waals surface area contributed by atoms with Crippen LogP contribution in [0.25, 0.3) is 11.1 Å². The van der Waals surface area contributed by atoms with Crippen LogP contribution in [0.4, 0.5) is 0 Å². The third-order valence-corrected chi connectivity index (χ3v) is 4.85. The van der Waals surface area contributed by atoms with E-state index < -0.39 is 6.04 Å². The zero-order valence-corrected chi connectivity index (χ0v) is 13.9. The molecule has 0 spiro atoms. The Morgan fingerprint density at radius 2 is 1.56 bits per heavy atom. The molecule has 4 rings (SSSR count). The molecule has 1 aliphatic rings. The van der Waals surface area contributed by atoms with Crippen LogP contribution < -0.4 is 5.56 Å². The van der Waals surface area contributed by atoms with Crippen LogP contribution in [-0.4, -0.2) is 10.4 Å². The van der Waals surface area contributed by atoms with Gasteiger partial charge in [-0.15, -0.1) is 0 Å². The van der Waals surface area contributed by atoms with E-state index in [2.05, 4.69) is 24.3 Å². The second-order valence-electron chi connectivity index (χ2n) is 6.48. The molecule has 3 heteroatoms. The van der Waals surface area contributed by atoms with Gasteiger partial charge in [0.1, 0.15) is 0 Å². The number of ketones is 1. The summed E-state index contributed by atoms with van der Waals surface area (Å²) in [7, 11) is 0. The number of carbonyl (C=O) groups excluding carboxylic acids is 1. The fourth-order valence-corrected chi connectivity index (χ4v) is 3.60. The summed E-state index contributed by atoms with van der Waals surface area (Å²) >= 11 is 0.